The van der Waals surface area contributed by atoms with Gasteiger partial charge in [0.25, 0.3) is 0 Å². The summed E-state index contributed by atoms with van der Waals surface area (Å²) in [4.78, 5) is 3.56. The summed E-state index contributed by atoms with van der Waals surface area (Å²) in [6, 6.07) is 1.02. The zero-order valence-electron chi connectivity index (χ0n) is 9.73. The lowest BCUT2D eigenvalue weighted by atomic mass is 10.8. The van der Waals surface area contributed by atoms with Crippen LogP contribution in [0.25, 0.3) is 0 Å². The number of rotatable bonds is 6. The molecule has 0 aliphatic rings. The molecule has 13 heavy (non-hydrogen) atoms. The first kappa shape index (κ1) is 13.3. The van der Waals surface area contributed by atoms with E-state index in [9.17, 15) is 0 Å². The monoisotopic (exact) mass is 221 g/mol. The van der Waals surface area contributed by atoms with Gasteiger partial charge < -0.3 is 13.8 Å². The molecule has 3 nitrogen and oxygen atoms in total. The Morgan fingerprint density at radius 3 is 1.77 bits per heavy atom. The summed E-state index contributed by atoms with van der Waals surface area (Å²) in [6.07, 6.45) is 0. The lowest BCUT2D eigenvalue weighted by molar-refractivity contribution is 0.250. The predicted octanol–water partition coefficient (Wildman–Crippen LogP) is 1.78. The highest BCUT2D eigenvalue weighted by Gasteiger charge is 2.28. The van der Waals surface area contributed by atoms with E-state index in [1.54, 1.807) is 14.2 Å². The van der Waals surface area contributed by atoms with Gasteiger partial charge in [0.05, 0.1) is 0 Å². The van der Waals surface area contributed by atoms with Gasteiger partial charge in [0.2, 0.25) is 0 Å². The molecule has 1 N–H and O–H groups in total. The van der Waals surface area contributed by atoms with Crippen LogP contribution in [0.3, 0.4) is 0 Å². The smallest absolute Gasteiger partial charge is 0.335 e. The van der Waals surface area contributed by atoms with Gasteiger partial charge in [-0.1, -0.05) is 19.6 Å². The van der Waals surface area contributed by atoms with E-state index >= 15 is 0 Å². The quantitative estimate of drug-likeness (QED) is 0.694. The lowest BCUT2D eigenvalue weighted by Gasteiger charge is -2.25. The van der Waals surface area contributed by atoms with Crippen molar-refractivity contribution in [3.63, 3.8) is 0 Å². The van der Waals surface area contributed by atoms with Crippen LogP contribution < -0.4 is 4.98 Å². The van der Waals surface area contributed by atoms with Crippen molar-refractivity contribution in [2.45, 2.75) is 32.2 Å². The molecule has 0 aromatic heterocycles. The molecule has 0 aliphatic heterocycles. The maximum Gasteiger partial charge on any atom is 0.335 e. The fraction of sp³-hybridized carbons (Fsp3) is 1.00. The second kappa shape index (κ2) is 5.26. The van der Waals surface area contributed by atoms with Gasteiger partial charge in [-0.2, -0.15) is 0 Å². The SMILES string of the molecule is CO[Si](C)(CCN[Si](C)(C)C)OC. The van der Waals surface area contributed by atoms with E-state index in [-0.39, 0.29) is 0 Å². The fourth-order valence-corrected chi connectivity index (χ4v) is 3.23. The average molecular weight is 221 g/mol. The molecule has 0 spiro atoms. The fourth-order valence-electron chi connectivity index (χ4n) is 0.952. The highest BCUT2D eigenvalue weighted by Crippen LogP contribution is 2.10. The molecule has 0 fully saturated rings. The molecule has 0 aliphatic carbocycles. The number of hydrogen-bond acceptors (Lipinski definition) is 3. The lowest BCUT2D eigenvalue weighted by Crippen LogP contribution is -2.46. The van der Waals surface area contributed by atoms with E-state index < -0.39 is 16.8 Å². The first-order valence-electron chi connectivity index (χ1n) is 4.68. The molecule has 0 atom stereocenters. The standard InChI is InChI=1S/C8H23NO2Si2/c1-10-13(6,11-2)8-7-9-12(3,4)5/h9H,7-8H2,1-6H3. The Balaban J connectivity index is 3.74. The Labute approximate surface area is 84.2 Å². The summed E-state index contributed by atoms with van der Waals surface area (Å²) >= 11 is 0. The van der Waals surface area contributed by atoms with Gasteiger partial charge in [-0.15, -0.1) is 0 Å². The van der Waals surface area contributed by atoms with Crippen LogP contribution in [0.5, 0.6) is 0 Å². The van der Waals surface area contributed by atoms with E-state index in [0.717, 1.165) is 12.6 Å². The summed E-state index contributed by atoms with van der Waals surface area (Å²) in [7, 11) is 0.522. The minimum Gasteiger partial charge on any atom is -0.398 e. The summed E-state index contributed by atoms with van der Waals surface area (Å²) in [5, 5.41) is 0. The van der Waals surface area contributed by atoms with Gasteiger partial charge >= 0.3 is 8.56 Å². The molecule has 0 saturated carbocycles. The number of hydrogen-bond donors (Lipinski definition) is 1. The maximum atomic E-state index is 5.39. The molecular formula is C8H23NO2Si2. The summed E-state index contributed by atoms with van der Waals surface area (Å²) < 4.78 is 10.8. The third kappa shape index (κ3) is 6.39. The number of nitrogens with one attached hydrogen (secondary N) is 1. The Bertz CT molecular complexity index is 144. The van der Waals surface area contributed by atoms with Gasteiger partial charge in [-0.3, -0.25) is 0 Å². The second-order valence-electron chi connectivity index (χ2n) is 4.47. The van der Waals surface area contributed by atoms with E-state index in [2.05, 4.69) is 31.2 Å². The van der Waals surface area contributed by atoms with Crippen LogP contribution in [0.1, 0.15) is 0 Å². The van der Waals surface area contributed by atoms with Crippen molar-refractivity contribution in [1.29, 1.82) is 0 Å². The van der Waals surface area contributed by atoms with Crippen molar-refractivity contribution in [2.24, 2.45) is 0 Å². The Kier molecular flexibility index (Phi) is 5.38. The molecule has 0 unspecified atom stereocenters. The third-order valence-electron chi connectivity index (χ3n) is 2.10. The van der Waals surface area contributed by atoms with Crippen molar-refractivity contribution >= 4 is 16.8 Å². The molecule has 0 radical (unpaired) electrons. The third-order valence-corrected chi connectivity index (χ3v) is 6.29. The minimum absolute atomic E-state index is 1.01. The highest BCUT2D eigenvalue weighted by atomic mass is 28.4. The molecule has 0 heterocycles. The Hall–Kier alpha value is 0.314. The molecule has 0 bridgehead atoms. The molecule has 0 aromatic carbocycles. The summed E-state index contributed by atoms with van der Waals surface area (Å²) in [6.45, 7) is 10.0. The topological polar surface area (TPSA) is 30.5 Å². The van der Waals surface area contributed by atoms with Crippen molar-refractivity contribution in [3.05, 3.63) is 0 Å². The van der Waals surface area contributed by atoms with Gasteiger partial charge in [0, 0.05) is 20.3 Å². The molecule has 5 heteroatoms. The minimum atomic E-state index is -1.84. The molecule has 0 rings (SSSR count). The van der Waals surface area contributed by atoms with Crippen molar-refractivity contribution in [3.8, 4) is 0 Å². The first-order valence-corrected chi connectivity index (χ1v) is 10.7. The summed E-state index contributed by atoms with van der Waals surface area (Å²) in [5.74, 6) is 0. The van der Waals surface area contributed by atoms with Crippen LogP contribution in [0.2, 0.25) is 32.2 Å². The molecule has 0 saturated heterocycles. The molecule has 80 valence electrons. The van der Waals surface area contributed by atoms with Gasteiger partial charge in [0.1, 0.15) is 8.24 Å². The van der Waals surface area contributed by atoms with Crippen LogP contribution in [0.15, 0.2) is 0 Å². The first-order chi connectivity index (χ1) is 5.83. The van der Waals surface area contributed by atoms with Crippen LogP contribution in [0, 0.1) is 0 Å². The Morgan fingerprint density at radius 2 is 1.46 bits per heavy atom. The maximum absolute atomic E-state index is 5.39. The van der Waals surface area contributed by atoms with Crippen molar-refractivity contribution in [1.82, 2.24) is 4.98 Å². The van der Waals surface area contributed by atoms with Gasteiger partial charge in [-0.05, 0) is 13.1 Å². The molecular weight excluding hydrogens is 198 g/mol. The molecule has 0 aromatic rings. The van der Waals surface area contributed by atoms with Gasteiger partial charge in [-0.25, -0.2) is 0 Å². The van der Waals surface area contributed by atoms with Crippen LogP contribution in [-0.4, -0.2) is 37.6 Å². The van der Waals surface area contributed by atoms with Crippen LogP contribution in [0.4, 0.5) is 0 Å². The highest BCUT2D eigenvalue weighted by molar-refractivity contribution is 6.73. The largest absolute Gasteiger partial charge is 0.398 e. The normalized spacial score (nSPS) is 13.4. The second-order valence-corrected chi connectivity index (χ2v) is 12.9. The van der Waals surface area contributed by atoms with E-state index in [1.807, 2.05) is 0 Å². The summed E-state index contributed by atoms with van der Waals surface area (Å²) in [5.41, 5.74) is 0. The van der Waals surface area contributed by atoms with Crippen molar-refractivity contribution < 1.29 is 8.85 Å². The Morgan fingerprint density at radius 1 is 1.00 bits per heavy atom. The predicted molar refractivity (Wildman–Crippen MR) is 61.8 cm³/mol. The zero-order chi connectivity index (χ0) is 10.5. The van der Waals surface area contributed by atoms with Crippen molar-refractivity contribution in [2.75, 3.05) is 20.8 Å². The molecule has 0 amide bonds. The van der Waals surface area contributed by atoms with Crippen LogP contribution >= 0.6 is 0 Å². The van der Waals surface area contributed by atoms with E-state index in [0.29, 0.717) is 0 Å². The van der Waals surface area contributed by atoms with Crippen LogP contribution in [-0.2, 0) is 8.85 Å². The van der Waals surface area contributed by atoms with Gasteiger partial charge in [0.15, 0.2) is 0 Å². The van der Waals surface area contributed by atoms with E-state index in [1.165, 1.54) is 0 Å². The van der Waals surface area contributed by atoms with E-state index in [4.69, 9.17) is 8.85 Å². The average Bonchev–Trinajstić information content (AvgIpc) is 2.02. The zero-order valence-corrected chi connectivity index (χ0v) is 11.7.